The van der Waals surface area contributed by atoms with E-state index in [-0.39, 0.29) is 17.2 Å². The second-order valence-electron chi connectivity index (χ2n) is 9.38. The van der Waals surface area contributed by atoms with Gasteiger partial charge in [0, 0.05) is 39.0 Å². The van der Waals surface area contributed by atoms with Gasteiger partial charge in [-0.05, 0) is 56.3 Å². The molecule has 4 saturated carbocycles. The molecular weight excluding hydrogens is 344 g/mol. The van der Waals surface area contributed by atoms with Crippen molar-refractivity contribution in [3.05, 3.63) is 0 Å². The third kappa shape index (κ3) is 2.95. The van der Waals surface area contributed by atoms with Gasteiger partial charge in [0.1, 0.15) is 5.71 Å². The fourth-order valence-corrected chi connectivity index (χ4v) is 6.63. The number of hydrogen-bond donors (Lipinski definition) is 1. The van der Waals surface area contributed by atoms with Gasteiger partial charge in [0.05, 0.1) is 5.41 Å². The molecule has 0 atom stereocenters. The van der Waals surface area contributed by atoms with E-state index in [9.17, 15) is 14.4 Å². The van der Waals surface area contributed by atoms with Gasteiger partial charge in [-0.25, -0.2) is 5.43 Å². The summed E-state index contributed by atoms with van der Waals surface area (Å²) < 4.78 is 0. The molecule has 146 valence electrons. The molecule has 0 spiro atoms. The fraction of sp³-hybridized carbons (Fsp3) is 0.800. The Hall–Kier alpha value is -1.92. The summed E-state index contributed by atoms with van der Waals surface area (Å²) in [6.07, 6.45) is 8.01. The maximum Gasteiger partial charge on any atom is 0.270 e. The molecule has 6 rings (SSSR count). The number of carbonyl (C=O) groups is 3. The van der Waals surface area contributed by atoms with Gasteiger partial charge >= 0.3 is 0 Å². The van der Waals surface area contributed by atoms with Crippen LogP contribution in [0.1, 0.15) is 51.4 Å². The lowest BCUT2D eigenvalue weighted by atomic mass is 9.49. The van der Waals surface area contributed by atoms with Crippen LogP contribution >= 0.6 is 0 Å². The Morgan fingerprint density at radius 2 is 1.44 bits per heavy atom. The highest BCUT2D eigenvalue weighted by Gasteiger charge is 2.55. The van der Waals surface area contributed by atoms with E-state index in [0.717, 1.165) is 37.0 Å². The molecule has 3 amide bonds. The number of carbonyl (C=O) groups excluding carboxylic acids is 3. The first kappa shape index (κ1) is 17.2. The van der Waals surface area contributed by atoms with Crippen LogP contribution in [0, 0.1) is 23.2 Å². The maximum absolute atomic E-state index is 13.4. The van der Waals surface area contributed by atoms with Crippen LogP contribution in [0.15, 0.2) is 5.10 Å². The Labute approximate surface area is 159 Å². The Morgan fingerprint density at radius 3 is 1.96 bits per heavy atom. The SMILES string of the molecule is O=C1CCC(C(=O)N2CCN(C(=O)C34CC5CC(CC(C5)C3)C4)CC2)=NN1. The number of amides is 3. The molecule has 2 aliphatic heterocycles. The third-order valence-electron chi connectivity index (χ3n) is 7.50. The lowest BCUT2D eigenvalue weighted by molar-refractivity contribution is -0.160. The summed E-state index contributed by atoms with van der Waals surface area (Å²) in [6, 6.07) is 0. The van der Waals surface area contributed by atoms with Crippen LogP contribution in [0.4, 0.5) is 0 Å². The Balaban J connectivity index is 1.21. The summed E-state index contributed by atoms with van der Waals surface area (Å²) in [5, 5.41) is 3.91. The summed E-state index contributed by atoms with van der Waals surface area (Å²) >= 11 is 0. The number of piperazine rings is 1. The predicted molar refractivity (Wildman–Crippen MR) is 98.6 cm³/mol. The maximum atomic E-state index is 13.4. The van der Waals surface area contributed by atoms with Crippen LogP contribution in [-0.4, -0.2) is 59.4 Å². The van der Waals surface area contributed by atoms with E-state index in [0.29, 0.717) is 50.6 Å². The number of hydrazone groups is 1. The summed E-state index contributed by atoms with van der Waals surface area (Å²) in [5.74, 6) is 2.41. The molecule has 0 aromatic heterocycles. The molecule has 7 heteroatoms. The second-order valence-corrected chi connectivity index (χ2v) is 9.38. The van der Waals surface area contributed by atoms with Crippen LogP contribution in [0.5, 0.6) is 0 Å². The lowest BCUT2D eigenvalue weighted by Crippen LogP contribution is -2.59. The molecule has 7 nitrogen and oxygen atoms in total. The number of nitrogens with zero attached hydrogens (tertiary/aromatic N) is 3. The predicted octanol–water partition coefficient (Wildman–Crippen LogP) is 1.14. The fourth-order valence-electron chi connectivity index (χ4n) is 6.63. The zero-order valence-corrected chi connectivity index (χ0v) is 15.8. The van der Waals surface area contributed by atoms with Crippen LogP contribution in [0.25, 0.3) is 0 Å². The average Bonchev–Trinajstić information content (AvgIpc) is 2.66. The molecule has 1 saturated heterocycles. The van der Waals surface area contributed by atoms with Crippen molar-refractivity contribution in [1.29, 1.82) is 0 Å². The molecule has 0 aromatic rings. The van der Waals surface area contributed by atoms with Gasteiger partial charge in [-0.15, -0.1) is 0 Å². The first-order valence-electron chi connectivity index (χ1n) is 10.5. The van der Waals surface area contributed by atoms with Crippen LogP contribution in [-0.2, 0) is 14.4 Å². The molecule has 2 heterocycles. The molecular formula is C20H28N4O3. The highest BCUT2D eigenvalue weighted by atomic mass is 16.2. The van der Waals surface area contributed by atoms with Gasteiger partial charge in [0.2, 0.25) is 11.8 Å². The minimum atomic E-state index is -0.141. The average molecular weight is 372 g/mol. The van der Waals surface area contributed by atoms with E-state index in [4.69, 9.17) is 0 Å². The van der Waals surface area contributed by atoms with E-state index < -0.39 is 0 Å². The standard InChI is InChI=1S/C20H28N4O3/c25-17-2-1-16(21-22-17)18(26)23-3-5-24(6-4-23)19(27)20-10-13-7-14(11-20)9-15(8-13)12-20/h13-15H,1-12H2,(H,22,25). The highest BCUT2D eigenvalue weighted by Crippen LogP contribution is 2.60. The monoisotopic (exact) mass is 372 g/mol. The molecule has 5 fully saturated rings. The van der Waals surface area contributed by atoms with Crippen molar-refractivity contribution < 1.29 is 14.4 Å². The van der Waals surface area contributed by atoms with Gasteiger partial charge in [0.25, 0.3) is 5.91 Å². The minimum absolute atomic E-state index is 0.0985. The molecule has 4 aliphatic carbocycles. The van der Waals surface area contributed by atoms with Gasteiger partial charge in [-0.1, -0.05) is 0 Å². The quantitative estimate of drug-likeness (QED) is 0.789. The van der Waals surface area contributed by atoms with Gasteiger partial charge in [-0.2, -0.15) is 5.10 Å². The molecule has 6 aliphatic rings. The van der Waals surface area contributed by atoms with E-state index in [1.807, 2.05) is 4.90 Å². The van der Waals surface area contributed by atoms with E-state index >= 15 is 0 Å². The third-order valence-corrected chi connectivity index (χ3v) is 7.50. The van der Waals surface area contributed by atoms with Crippen molar-refractivity contribution in [2.45, 2.75) is 51.4 Å². The number of rotatable bonds is 2. The van der Waals surface area contributed by atoms with Gasteiger partial charge in [0.15, 0.2) is 0 Å². The Bertz CT molecular complexity index is 673. The van der Waals surface area contributed by atoms with Crippen molar-refractivity contribution in [2.75, 3.05) is 26.2 Å². The van der Waals surface area contributed by atoms with Crippen molar-refractivity contribution in [3.8, 4) is 0 Å². The summed E-state index contributed by atoms with van der Waals surface area (Å²) in [7, 11) is 0. The van der Waals surface area contributed by atoms with Crippen molar-refractivity contribution >= 4 is 23.4 Å². The smallest absolute Gasteiger partial charge is 0.270 e. The van der Waals surface area contributed by atoms with Gasteiger partial charge in [-0.3, -0.25) is 14.4 Å². The van der Waals surface area contributed by atoms with Crippen molar-refractivity contribution in [2.24, 2.45) is 28.3 Å². The number of hydrogen-bond acceptors (Lipinski definition) is 4. The van der Waals surface area contributed by atoms with E-state index in [2.05, 4.69) is 10.5 Å². The number of nitrogens with one attached hydrogen (secondary N) is 1. The first-order valence-corrected chi connectivity index (χ1v) is 10.5. The second kappa shape index (κ2) is 6.31. The molecule has 1 N–H and O–H groups in total. The van der Waals surface area contributed by atoms with Crippen LogP contribution in [0.3, 0.4) is 0 Å². The molecule has 0 aromatic carbocycles. The molecule has 0 radical (unpaired) electrons. The molecule has 27 heavy (non-hydrogen) atoms. The van der Waals surface area contributed by atoms with Crippen LogP contribution in [0.2, 0.25) is 0 Å². The van der Waals surface area contributed by atoms with Crippen molar-refractivity contribution in [1.82, 2.24) is 15.2 Å². The molecule has 4 bridgehead atoms. The van der Waals surface area contributed by atoms with Crippen LogP contribution < -0.4 is 5.43 Å². The normalized spacial score (nSPS) is 37.9. The largest absolute Gasteiger partial charge is 0.339 e. The molecule has 0 unspecified atom stereocenters. The zero-order chi connectivity index (χ0) is 18.6. The summed E-state index contributed by atoms with van der Waals surface area (Å²) in [4.78, 5) is 41.0. The van der Waals surface area contributed by atoms with E-state index in [1.165, 1.54) is 19.3 Å². The Kier molecular flexibility index (Phi) is 4.02. The summed E-state index contributed by atoms with van der Waals surface area (Å²) in [5.41, 5.74) is 2.72. The summed E-state index contributed by atoms with van der Waals surface area (Å²) in [6.45, 7) is 2.35. The Morgan fingerprint density at radius 1 is 0.889 bits per heavy atom. The topological polar surface area (TPSA) is 82.1 Å². The first-order chi connectivity index (χ1) is 13.0. The van der Waals surface area contributed by atoms with Crippen molar-refractivity contribution in [3.63, 3.8) is 0 Å². The van der Waals surface area contributed by atoms with E-state index in [1.54, 1.807) is 4.90 Å². The minimum Gasteiger partial charge on any atom is -0.339 e. The zero-order valence-electron chi connectivity index (χ0n) is 15.8. The lowest BCUT2D eigenvalue weighted by Gasteiger charge is -2.57. The van der Waals surface area contributed by atoms with Gasteiger partial charge < -0.3 is 9.80 Å². The highest BCUT2D eigenvalue weighted by molar-refractivity contribution is 6.39.